The summed E-state index contributed by atoms with van der Waals surface area (Å²) in [6, 6.07) is 2.49. The van der Waals surface area contributed by atoms with Crippen molar-refractivity contribution in [3.63, 3.8) is 0 Å². The average Bonchev–Trinajstić information content (AvgIpc) is 2.64. The van der Waals surface area contributed by atoms with Gasteiger partial charge in [0.2, 0.25) is 5.43 Å². The fourth-order valence-corrected chi connectivity index (χ4v) is 3.38. The number of methoxy groups -OCH3 is 1. The zero-order valence-corrected chi connectivity index (χ0v) is 18.1. The third-order valence-electron chi connectivity index (χ3n) is 4.86. The van der Waals surface area contributed by atoms with Gasteiger partial charge in [-0.3, -0.25) is 4.79 Å². The minimum Gasteiger partial charge on any atom is -0.507 e. The van der Waals surface area contributed by atoms with Gasteiger partial charge in [0.1, 0.15) is 28.1 Å². The Kier molecular flexibility index (Phi) is 5.74. The molecule has 0 saturated heterocycles. The van der Waals surface area contributed by atoms with Crippen LogP contribution in [0.1, 0.15) is 38.8 Å². The molecule has 1 heterocycles. The van der Waals surface area contributed by atoms with Gasteiger partial charge in [-0.2, -0.15) is 0 Å². The zero-order valence-electron chi connectivity index (χ0n) is 18.1. The van der Waals surface area contributed by atoms with E-state index in [1.165, 1.54) is 45.2 Å². The van der Waals surface area contributed by atoms with Crippen LogP contribution in [0.3, 0.4) is 0 Å². The lowest BCUT2D eigenvalue weighted by molar-refractivity contribution is 0.134. The van der Waals surface area contributed by atoms with E-state index in [9.17, 15) is 25.2 Å². The highest BCUT2D eigenvalue weighted by atomic mass is 16.5. The summed E-state index contributed by atoms with van der Waals surface area (Å²) in [5.74, 6) is -0.827. The minimum atomic E-state index is -1.19. The molecule has 3 rings (SSSR count). The van der Waals surface area contributed by atoms with E-state index < -0.39 is 16.8 Å². The third-order valence-corrected chi connectivity index (χ3v) is 4.86. The topological polar surface area (TPSA) is 120 Å². The second-order valence-electron chi connectivity index (χ2n) is 8.22. The van der Waals surface area contributed by atoms with Gasteiger partial charge in [-0.15, -0.1) is 0 Å². The molecule has 0 fully saturated rings. The molecular weight excluding hydrogens is 400 g/mol. The number of allylic oxidation sites excluding steroid dienone is 2. The number of aromatic hydroxyl groups is 3. The van der Waals surface area contributed by atoms with Crippen molar-refractivity contribution in [1.82, 2.24) is 0 Å². The normalized spacial score (nSPS) is 12.1. The highest BCUT2D eigenvalue weighted by molar-refractivity contribution is 5.99. The molecule has 7 heteroatoms. The third kappa shape index (κ3) is 4.22. The first-order valence-electron chi connectivity index (χ1n) is 9.74. The number of ether oxygens (including phenoxy) is 1. The van der Waals surface area contributed by atoms with Crippen molar-refractivity contribution in [3.8, 4) is 23.0 Å². The molecule has 0 unspecified atom stereocenters. The van der Waals surface area contributed by atoms with E-state index in [0.717, 1.165) is 5.57 Å². The lowest BCUT2D eigenvalue weighted by Gasteiger charge is -2.14. The highest BCUT2D eigenvalue weighted by Gasteiger charge is 2.23. The Balaban J connectivity index is 2.45. The van der Waals surface area contributed by atoms with E-state index in [0.29, 0.717) is 12.0 Å². The summed E-state index contributed by atoms with van der Waals surface area (Å²) in [7, 11) is 1.39. The summed E-state index contributed by atoms with van der Waals surface area (Å²) in [4.78, 5) is 13.5. The largest absolute Gasteiger partial charge is 0.507 e. The predicted molar refractivity (Wildman–Crippen MR) is 120 cm³/mol. The summed E-state index contributed by atoms with van der Waals surface area (Å²) < 4.78 is 11.1. The SMILES string of the molecule is COc1c(O)cc2oc3cc(O)c(/C=C\C(C)(C)O)c(O)c3c(=O)c2c1CC=C(C)C. The van der Waals surface area contributed by atoms with Gasteiger partial charge in [0.05, 0.1) is 23.7 Å². The number of rotatable bonds is 5. The molecular formula is C24H26O7. The van der Waals surface area contributed by atoms with Gasteiger partial charge >= 0.3 is 0 Å². The van der Waals surface area contributed by atoms with E-state index in [1.54, 1.807) is 0 Å². The summed E-state index contributed by atoms with van der Waals surface area (Å²) in [6.07, 6.45) is 4.92. The van der Waals surface area contributed by atoms with Gasteiger partial charge in [0.25, 0.3) is 0 Å². The Hall–Kier alpha value is -3.45. The van der Waals surface area contributed by atoms with Gasteiger partial charge in [-0.25, -0.2) is 0 Å². The number of hydrogen-bond acceptors (Lipinski definition) is 7. The fourth-order valence-electron chi connectivity index (χ4n) is 3.38. The maximum Gasteiger partial charge on any atom is 0.204 e. The number of aliphatic hydroxyl groups is 1. The van der Waals surface area contributed by atoms with E-state index in [1.807, 2.05) is 19.9 Å². The van der Waals surface area contributed by atoms with Crippen molar-refractivity contribution < 1.29 is 29.6 Å². The quantitative estimate of drug-likeness (QED) is 0.353. The van der Waals surface area contributed by atoms with Crippen LogP contribution >= 0.6 is 0 Å². The number of hydrogen-bond donors (Lipinski definition) is 4. The first kappa shape index (κ1) is 22.2. The van der Waals surface area contributed by atoms with E-state index in [2.05, 4.69) is 0 Å². The van der Waals surface area contributed by atoms with Gasteiger partial charge in [0, 0.05) is 17.7 Å². The Morgan fingerprint density at radius 3 is 2.29 bits per heavy atom. The van der Waals surface area contributed by atoms with Gasteiger partial charge in [0.15, 0.2) is 11.5 Å². The van der Waals surface area contributed by atoms with E-state index in [4.69, 9.17) is 9.15 Å². The van der Waals surface area contributed by atoms with Crippen LogP contribution in [0, 0.1) is 0 Å². The maximum absolute atomic E-state index is 13.5. The minimum absolute atomic E-state index is 0.0159. The van der Waals surface area contributed by atoms with E-state index >= 15 is 0 Å². The summed E-state index contributed by atoms with van der Waals surface area (Å²) in [5.41, 5.74) is -0.229. The Bertz CT molecular complexity index is 1280. The lowest BCUT2D eigenvalue weighted by Crippen LogP contribution is -2.13. The zero-order chi connectivity index (χ0) is 23.1. The molecule has 31 heavy (non-hydrogen) atoms. The van der Waals surface area contributed by atoms with Gasteiger partial charge < -0.3 is 29.6 Å². The van der Waals surface area contributed by atoms with Crippen LogP contribution < -0.4 is 10.2 Å². The van der Waals surface area contributed by atoms with Crippen LogP contribution in [-0.2, 0) is 6.42 Å². The van der Waals surface area contributed by atoms with Crippen LogP contribution in [0.2, 0.25) is 0 Å². The lowest BCUT2D eigenvalue weighted by atomic mass is 9.99. The molecule has 0 aliphatic heterocycles. The second kappa shape index (κ2) is 8.00. The summed E-state index contributed by atoms with van der Waals surface area (Å²) >= 11 is 0. The standard InChI is InChI=1S/C24H26O7/c1-12(2)6-7-14-19-17(11-16(26)23(14)30-5)31-18-10-15(25)13(8-9-24(3,4)29)21(27)20(18)22(19)28/h6,8-11,25-27,29H,7H2,1-5H3/b9-8-. The molecule has 0 bridgehead atoms. The fraction of sp³-hybridized carbons (Fsp3) is 0.292. The van der Waals surface area contributed by atoms with Gasteiger partial charge in [-0.05, 0) is 40.2 Å². The number of benzene rings is 2. The average molecular weight is 426 g/mol. The Labute approximate surface area is 179 Å². The first-order chi connectivity index (χ1) is 14.4. The molecule has 0 saturated carbocycles. The monoisotopic (exact) mass is 426 g/mol. The molecule has 2 aromatic carbocycles. The van der Waals surface area contributed by atoms with Crippen molar-refractivity contribution >= 4 is 28.0 Å². The van der Waals surface area contributed by atoms with Crippen LogP contribution in [0.25, 0.3) is 28.0 Å². The molecule has 4 N–H and O–H groups in total. The molecule has 0 radical (unpaired) electrons. The van der Waals surface area contributed by atoms with Crippen molar-refractivity contribution in [2.24, 2.45) is 0 Å². The molecule has 0 atom stereocenters. The molecule has 164 valence electrons. The number of phenols is 3. The number of phenolic OH excluding ortho intramolecular Hbond substituents is 3. The smallest absolute Gasteiger partial charge is 0.204 e. The molecule has 0 spiro atoms. The second-order valence-corrected chi connectivity index (χ2v) is 8.22. The Morgan fingerprint density at radius 1 is 1.10 bits per heavy atom. The molecule has 7 nitrogen and oxygen atoms in total. The van der Waals surface area contributed by atoms with Gasteiger partial charge in [-0.1, -0.05) is 17.7 Å². The molecule has 1 aromatic heterocycles. The van der Waals surface area contributed by atoms with Crippen LogP contribution in [0.15, 0.2) is 39.1 Å². The highest BCUT2D eigenvalue weighted by Crippen LogP contribution is 2.40. The maximum atomic E-state index is 13.5. The van der Waals surface area contributed by atoms with E-state index in [-0.39, 0.29) is 44.8 Å². The molecule has 0 aliphatic rings. The first-order valence-corrected chi connectivity index (χ1v) is 9.74. The van der Waals surface area contributed by atoms with Crippen molar-refractivity contribution in [2.75, 3.05) is 7.11 Å². The molecule has 0 amide bonds. The van der Waals surface area contributed by atoms with Crippen LogP contribution in [0.5, 0.6) is 23.0 Å². The van der Waals surface area contributed by atoms with Crippen molar-refractivity contribution in [1.29, 1.82) is 0 Å². The van der Waals surface area contributed by atoms with Crippen molar-refractivity contribution in [3.05, 3.63) is 51.2 Å². The Morgan fingerprint density at radius 2 is 1.71 bits per heavy atom. The summed E-state index contributed by atoms with van der Waals surface area (Å²) in [6.45, 7) is 6.89. The van der Waals surface area contributed by atoms with Crippen LogP contribution in [0.4, 0.5) is 0 Å². The van der Waals surface area contributed by atoms with Crippen molar-refractivity contribution in [2.45, 2.75) is 39.7 Å². The van der Waals surface area contributed by atoms with Crippen LogP contribution in [-0.4, -0.2) is 33.1 Å². The predicted octanol–water partition coefficient (Wildman–Crippen LogP) is 4.36. The number of fused-ring (bicyclic) bond motifs is 2. The molecule has 0 aliphatic carbocycles. The summed E-state index contributed by atoms with van der Waals surface area (Å²) in [5, 5.41) is 41.5. The molecule has 3 aromatic rings.